The van der Waals surface area contributed by atoms with Gasteiger partial charge in [-0.2, -0.15) is 0 Å². The van der Waals surface area contributed by atoms with Gasteiger partial charge in [-0.25, -0.2) is 0 Å². The molecule has 2 aromatic rings. The summed E-state index contributed by atoms with van der Waals surface area (Å²) < 4.78 is 6.78. The van der Waals surface area contributed by atoms with Gasteiger partial charge in [0.25, 0.3) is 0 Å². The van der Waals surface area contributed by atoms with Gasteiger partial charge >= 0.3 is 5.97 Å². The minimum absolute atomic E-state index is 0.0740. The van der Waals surface area contributed by atoms with Crippen molar-refractivity contribution in [2.45, 2.75) is 19.4 Å². The summed E-state index contributed by atoms with van der Waals surface area (Å²) in [5.41, 5.74) is 3.37. The molecule has 0 saturated carbocycles. The smallest absolute Gasteiger partial charge is 0.308 e. The maximum atomic E-state index is 12.0. The summed E-state index contributed by atoms with van der Waals surface area (Å²) in [6.07, 6.45) is 5.33. The second-order valence-electron chi connectivity index (χ2n) is 5.79. The normalized spacial score (nSPS) is 16.0. The average molecular weight is 348 g/mol. The quantitative estimate of drug-likeness (QED) is 0.614. The Morgan fingerprint density at radius 2 is 2.08 bits per heavy atom. The Kier molecular flexibility index (Phi) is 4.93. The van der Waals surface area contributed by atoms with Gasteiger partial charge in [-0.1, -0.05) is 49.6 Å². The number of hydrogen-bond donors (Lipinski definition) is 0. The number of aryl methyl sites for hydroxylation is 1. The number of ether oxygens (including phenoxy) is 1. The molecule has 1 aromatic carbocycles. The van der Waals surface area contributed by atoms with E-state index in [1.807, 2.05) is 41.8 Å². The number of nitrogens with zero attached hydrogens (tertiary/aromatic N) is 4. The molecule has 0 spiro atoms. The number of rotatable bonds is 5. The van der Waals surface area contributed by atoms with Gasteiger partial charge in [0, 0.05) is 5.56 Å². The van der Waals surface area contributed by atoms with Crippen molar-refractivity contribution in [1.82, 2.24) is 14.8 Å². The van der Waals surface area contributed by atoms with Crippen LogP contribution in [0.2, 0.25) is 0 Å². The van der Waals surface area contributed by atoms with Gasteiger partial charge in [0.1, 0.15) is 11.9 Å². The number of carbonyl (C=O) groups is 1. The average Bonchev–Trinajstić information content (AvgIpc) is 2.98. The molecular weight excluding hydrogens is 328 g/mol. The Morgan fingerprint density at radius 3 is 2.77 bits per heavy atom. The number of fused-ring (bicyclic) bond motifs is 3. The van der Waals surface area contributed by atoms with Crippen LogP contribution in [0.15, 0.2) is 66.2 Å². The van der Waals surface area contributed by atoms with Crippen molar-refractivity contribution >= 4 is 11.7 Å². The summed E-state index contributed by atoms with van der Waals surface area (Å²) in [6.45, 7) is 9.53. The van der Waals surface area contributed by atoms with Crippen LogP contribution in [0.1, 0.15) is 29.7 Å². The minimum atomic E-state index is -0.515. The Morgan fingerprint density at radius 1 is 1.31 bits per heavy atom. The second kappa shape index (κ2) is 7.31. The van der Waals surface area contributed by atoms with Gasteiger partial charge in [0.2, 0.25) is 0 Å². The van der Waals surface area contributed by atoms with Crippen LogP contribution in [0.5, 0.6) is 0 Å². The molecule has 0 fully saturated rings. The van der Waals surface area contributed by atoms with Crippen LogP contribution in [0, 0.1) is 6.92 Å². The zero-order valence-corrected chi connectivity index (χ0v) is 14.8. The van der Waals surface area contributed by atoms with Crippen molar-refractivity contribution < 1.29 is 9.53 Å². The van der Waals surface area contributed by atoms with E-state index in [9.17, 15) is 4.79 Å². The zero-order valence-electron chi connectivity index (χ0n) is 14.8. The molecule has 6 heteroatoms. The predicted octanol–water partition coefficient (Wildman–Crippen LogP) is 3.28. The first-order valence-corrected chi connectivity index (χ1v) is 8.22. The predicted molar refractivity (Wildman–Crippen MR) is 100 cm³/mol. The highest BCUT2D eigenvalue weighted by Crippen LogP contribution is 2.32. The topological polar surface area (TPSA) is 69.4 Å². The molecule has 1 aliphatic heterocycles. The van der Waals surface area contributed by atoms with Crippen molar-refractivity contribution in [1.29, 1.82) is 0 Å². The minimum Gasteiger partial charge on any atom is -0.469 e. The maximum Gasteiger partial charge on any atom is 0.308 e. The number of aliphatic imine (C=N–C) groups is 1. The van der Waals surface area contributed by atoms with E-state index in [1.54, 1.807) is 12.2 Å². The van der Waals surface area contributed by atoms with Crippen molar-refractivity contribution in [2.24, 2.45) is 4.99 Å². The van der Waals surface area contributed by atoms with E-state index in [0.717, 1.165) is 28.4 Å². The number of aromatic nitrogens is 3. The molecule has 3 rings (SSSR count). The van der Waals surface area contributed by atoms with Crippen molar-refractivity contribution in [3.05, 3.63) is 78.4 Å². The van der Waals surface area contributed by atoms with E-state index in [2.05, 4.69) is 23.4 Å². The van der Waals surface area contributed by atoms with Gasteiger partial charge < -0.3 is 4.74 Å². The molecule has 132 valence electrons. The molecular formula is C20H20N4O2. The molecule has 0 N–H and O–H groups in total. The van der Waals surface area contributed by atoms with Gasteiger partial charge in [0.05, 0.1) is 24.9 Å². The number of allylic oxidation sites excluding steroid dienone is 4. The van der Waals surface area contributed by atoms with E-state index in [-0.39, 0.29) is 12.4 Å². The van der Waals surface area contributed by atoms with E-state index in [1.165, 1.54) is 7.11 Å². The summed E-state index contributed by atoms with van der Waals surface area (Å²) in [5, 5.41) is 8.47. The number of benzene rings is 1. The third kappa shape index (κ3) is 3.01. The largest absolute Gasteiger partial charge is 0.469 e. The van der Waals surface area contributed by atoms with Crippen LogP contribution in [-0.4, -0.2) is 33.6 Å². The van der Waals surface area contributed by atoms with Crippen LogP contribution in [0.25, 0.3) is 5.69 Å². The molecule has 0 saturated heterocycles. The molecule has 0 bridgehead atoms. The maximum absolute atomic E-state index is 12.0. The van der Waals surface area contributed by atoms with Gasteiger partial charge in [-0.3, -0.25) is 14.4 Å². The molecule has 1 aromatic heterocycles. The van der Waals surface area contributed by atoms with Crippen molar-refractivity contribution in [3.63, 3.8) is 0 Å². The lowest BCUT2D eigenvalue weighted by molar-refractivity contribution is -0.141. The van der Waals surface area contributed by atoms with Crippen LogP contribution >= 0.6 is 0 Å². The Bertz CT molecular complexity index is 937. The molecule has 1 atom stereocenters. The Hall–Kier alpha value is -3.28. The molecule has 0 radical (unpaired) electrons. The highest BCUT2D eigenvalue weighted by molar-refractivity contribution is 6.16. The molecule has 6 nitrogen and oxygen atoms in total. The molecule has 0 aliphatic carbocycles. The summed E-state index contributed by atoms with van der Waals surface area (Å²) >= 11 is 0. The number of esters is 1. The first kappa shape index (κ1) is 17.5. The van der Waals surface area contributed by atoms with E-state index < -0.39 is 6.04 Å². The highest BCUT2D eigenvalue weighted by atomic mass is 16.5. The van der Waals surface area contributed by atoms with Crippen molar-refractivity contribution in [2.75, 3.05) is 7.11 Å². The second-order valence-corrected chi connectivity index (χ2v) is 5.79. The number of hydrogen-bond acceptors (Lipinski definition) is 5. The monoisotopic (exact) mass is 348 g/mol. The lowest BCUT2D eigenvalue weighted by atomic mass is 10.00. The standard InChI is InChI=1S/C20H20N4O2/c1-5-9-14(6-2)19-15-10-7-8-11-17(15)24-13(3)22-23-20(24)16(21-19)12-18(25)26-4/h5-11,16H,1-2,12H2,3-4H3/b14-9+/t16-/m1/s1. The van der Waals surface area contributed by atoms with Crippen LogP contribution in [0.3, 0.4) is 0 Å². The van der Waals surface area contributed by atoms with Crippen LogP contribution in [-0.2, 0) is 9.53 Å². The molecule has 1 aliphatic rings. The highest BCUT2D eigenvalue weighted by Gasteiger charge is 2.29. The van der Waals surface area contributed by atoms with Crippen LogP contribution in [0.4, 0.5) is 0 Å². The fourth-order valence-corrected chi connectivity index (χ4v) is 3.02. The third-order valence-corrected chi connectivity index (χ3v) is 4.21. The van der Waals surface area contributed by atoms with Crippen molar-refractivity contribution in [3.8, 4) is 5.69 Å². The zero-order chi connectivity index (χ0) is 18.7. The first-order valence-electron chi connectivity index (χ1n) is 8.22. The van der Waals surface area contributed by atoms with E-state index >= 15 is 0 Å². The SMILES string of the molecule is C=C/C=C(\C=C)C1=N[C@H](CC(=O)OC)c2nnc(C)n2-c2ccccc21. The number of carbonyl (C=O) groups excluding carboxylic acids is 1. The summed E-state index contributed by atoms with van der Waals surface area (Å²) in [7, 11) is 1.36. The molecule has 0 unspecified atom stereocenters. The number of para-hydroxylation sites is 1. The Balaban J connectivity index is 2.30. The summed E-state index contributed by atoms with van der Waals surface area (Å²) in [4.78, 5) is 16.8. The lowest BCUT2D eigenvalue weighted by Gasteiger charge is -2.12. The summed E-state index contributed by atoms with van der Waals surface area (Å²) in [6, 6.07) is 7.35. The van der Waals surface area contributed by atoms with Gasteiger partial charge in [-0.05, 0) is 18.6 Å². The van der Waals surface area contributed by atoms with Crippen LogP contribution < -0.4 is 0 Å². The molecule has 2 heterocycles. The molecule has 0 amide bonds. The van der Waals surface area contributed by atoms with Gasteiger partial charge in [-0.15, -0.1) is 10.2 Å². The fraction of sp³-hybridized carbons (Fsp3) is 0.200. The third-order valence-electron chi connectivity index (χ3n) is 4.21. The fourth-order valence-electron chi connectivity index (χ4n) is 3.02. The Labute approximate surface area is 152 Å². The lowest BCUT2D eigenvalue weighted by Crippen LogP contribution is -2.12. The van der Waals surface area contributed by atoms with E-state index in [4.69, 9.17) is 9.73 Å². The molecule has 26 heavy (non-hydrogen) atoms. The van der Waals surface area contributed by atoms with E-state index in [0.29, 0.717) is 5.82 Å². The first-order chi connectivity index (χ1) is 12.6. The van der Waals surface area contributed by atoms with Gasteiger partial charge in [0.15, 0.2) is 5.82 Å². The summed E-state index contributed by atoms with van der Waals surface area (Å²) in [5.74, 6) is 0.980. The number of methoxy groups -OCH3 is 1.